The minimum atomic E-state index is -0.0611. The molecule has 23 heavy (non-hydrogen) atoms. The molecule has 0 spiro atoms. The Hall–Kier alpha value is -2.14. The first-order valence-electron chi connectivity index (χ1n) is 7.74. The number of hydrogen-bond acceptors (Lipinski definition) is 3. The van der Waals surface area contributed by atoms with Crippen molar-refractivity contribution in [3.8, 4) is 0 Å². The number of benzene rings is 1. The predicted octanol–water partition coefficient (Wildman–Crippen LogP) is 2.87. The maximum Gasteiger partial charge on any atom is 0.251 e. The average molecular weight is 315 g/mol. The van der Waals surface area contributed by atoms with Gasteiger partial charge in [0.2, 0.25) is 0 Å². The van der Waals surface area contributed by atoms with Gasteiger partial charge in [0.15, 0.2) is 0 Å². The number of nitrogens with zero attached hydrogens (tertiary/aromatic N) is 2. The third kappa shape index (κ3) is 4.93. The Kier molecular flexibility index (Phi) is 5.55. The van der Waals surface area contributed by atoms with Crippen molar-refractivity contribution in [2.45, 2.75) is 40.0 Å². The molecule has 1 aromatic carbocycles. The minimum absolute atomic E-state index is 0.00264. The van der Waals surface area contributed by atoms with Gasteiger partial charge < -0.3 is 14.6 Å². The monoisotopic (exact) mass is 315 g/mol. The van der Waals surface area contributed by atoms with Gasteiger partial charge >= 0.3 is 0 Å². The van der Waals surface area contributed by atoms with Gasteiger partial charge in [-0.3, -0.25) is 4.79 Å². The summed E-state index contributed by atoms with van der Waals surface area (Å²) in [6, 6.07) is 7.50. The van der Waals surface area contributed by atoms with Gasteiger partial charge in [-0.15, -0.1) is 0 Å². The summed E-state index contributed by atoms with van der Waals surface area (Å²) >= 11 is 0. The second kappa shape index (κ2) is 7.42. The maximum atomic E-state index is 12.5. The second-order valence-electron chi connectivity index (χ2n) is 6.78. The van der Waals surface area contributed by atoms with Crippen LogP contribution in [0.25, 0.3) is 0 Å². The highest BCUT2D eigenvalue weighted by atomic mass is 16.5. The highest BCUT2D eigenvalue weighted by Gasteiger charge is 2.26. The molecule has 5 heteroatoms. The molecule has 0 saturated heterocycles. The van der Waals surface area contributed by atoms with Gasteiger partial charge in [0.25, 0.3) is 5.91 Å². The highest BCUT2D eigenvalue weighted by Crippen LogP contribution is 2.21. The van der Waals surface area contributed by atoms with Gasteiger partial charge in [-0.2, -0.15) is 0 Å². The van der Waals surface area contributed by atoms with E-state index in [0.29, 0.717) is 18.7 Å². The van der Waals surface area contributed by atoms with Crippen molar-refractivity contribution in [1.29, 1.82) is 0 Å². The molecule has 1 amide bonds. The maximum absolute atomic E-state index is 12.5. The number of rotatable bonds is 6. The lowest BCUT2D eigenvalue weighted by atomic mass is 9.86. The molecule has 2 rings (SSSR count). The van der Waals surface area contributed by atoms with Crippen LogP contribution in [-0.4, -0.2) is 28.6 Å². The van der Waals surface area contributed by atoms with E-state index in [-0.39, 0.29) is 17.4 Å². The zero-order chi connectivity index (χ0) is 16.9. The fourth-order valence-electron chi connectivity index (χ4n) is 2.30. The molecule has 1 heterocycles. The molecule has 0 fully saturated rings. The van der Waals surface area contributed by atoms with Crippen LogP contribution in [0.2, 0.25) is 0 Å². The Morgan fingerprint density at radius 3 is 2.52 bits per heavy atom. The van der Waals surface area contributed by atoms with Gasteiger partial charge in [0, 0.05) is 31.6 Å². The van der Waals surface area contributed by atoms with Gasteiger partial charge in [-0.25, -0.2) is 4.98 Å². The van der Waals surface area contributed by atoms with E-state index in [2.05, 4.69) is 31.1 Å². The molecule has 2 aromatic rings. The number of aromatic nitrogens is 2. The standard InChI is InChI=1S/C18H25N3O2/c1-18(2,3)16(11-21-10-9-19-13-21)20-17(22)15-7-5-14(6-8-15)12-23-4/h5-10,13,16H,11-12H2,1-4H3,(H,20,22)/t16-/m0/s1. The van der Waals surface area contributed by atoms with E-state index in [1.54, 1.807) is 19.6 Å². The van der Waals surface area contributed by atoms with Gasteiger partial charge in [0.1, 0.15) is 0 Å². The Bertz CT molecular complexity index is 613. The highest BCUT2D eigenvalue weighted by molar-refractivity contribution is 5.94. The lowest BCUT2D eigenvalue weighted by molar-refractivity contribution is 0.0892. The van der Waals surface area contributed by atoms with E-state index >= 15 is 0 Å². The molecule has 1 aromatic heterocycles. The van der Waals surface area contributed by atoms with Crippen LogP contribution in [0.5, 0.6) is 0 Å². The van der Waals surface area contributed by atoms with Crippen molar-refractivity contribution in [3.63, 3.8) is 0 Å². The molecule has 0 bridgehead atoms. The molecule has 0 aliphatic carbocycles. The minimum Gasteiger partial charge on any atom is -0.380 e. The summed E-state index contributed by atoms with van der Waals surface area (Å²) in [4.78, 5) is 16.6. The van der Waals surface area contributed by atoms with Gasteiger partial charge in [-0.05, 0) is 23.1 Å². The lowest BCUT2D eigenvalue weighted by Crippen LogP contribution is -2.46. The number of hydrogen-bond donors (Lipinski definition) is 1. The number of methoxy groups -OCH3 is 1. The van der Waals surface area contributed by atoms with E-state index in [1.807, 2.05) is 35.0 Å². The van der Waals surface area contributed by atoms with Crippen molar-refractivity contribution in [2.24, 2.45) is 5.41 Å². The zero-order valence-corrected chi connectivity index (χ0v) is 14.2. The summed E-state index contributed by atoms with van der Waals surface area (Å²) in [6.07, 6.45) is 5.42. The predicted molar refractivity (Wildman–Crippen MR) is 90.1 cm³/mol. The molecule has 0 unspecified atom stereocenters. The van der Waals surface area contributed by atoms with Crippen LogP contribution in [0.3, 0.4) is 0 Å². The first kappa shape index (κ1) is 17.2. The smallest absolute Gasteiger partial charge is 0.251 e. The Morgan fingerprint density at radius 1 is 1.30 bits per heavy atom. The molecule has 5 nitrogen and oxygen atoms in total. The van der Waals surface area contributed by atoms with Crippen molar-refractivity contribution >= 4 is 5.91 Å². The Morgan fingerprint density at radius 2 is 2.00 bits per heavy atom. The number of carbonyl (C=O) groups is 1. The average Bonchev–Trinajstić information content (AvgIpc) is 3.00. The number of nitrogens with one attached hydrogen (secondary N) is 1. The number of imidazole rings is 1. The summed E-state index contributed by atoms with van der Waals surface area (Å²) in [7, 11) is 1.66. The first-order chi connectivity index (χ1) is 10.9. The van der Waals surface area contributed by atoms with Crippen LogP contribution < -0.4 is 5.32 Å². The third-order valence-corrected chi connectivity index (χ3v) is 3.83. The summed E-state index contributed by atoms with van der Waals surface area (Å²) in [6.45, 7) is 7.60. The van der Waals surface area contributed by atoms with Crippen molar-refractivity contribution in [1.82, 2.24) is 14.9 Å². The summed E-state index contributed by atoms with van der Waals surface area (Å²) in [5.41, 5.74) is 1.65. The van der Waals surface area contributed by atoms with E-state index in [9.17, 15) is 4.79 Å². The zero-order valence-electron chi connectivity index (χ0n) is 14.2. The summed E-state index contributed by atoms with van der Waals surface area (Å²) in [5.74, 6) is -0.0611. The lowest BCUT2D eigenvalue weighted by Gasteiger charge is -2.31. The first-order valence-corrected chi connectivity index (χ1v) is 7.74. The largest absolute Gasteiger partial charge is 0.380 e. The fourth-order valence-corrected chi connectivity index (χ4v) is 2.30. The van der Waals surface area contributed by atoms with Crippen molar-refractivity contribution < 1.29 is 9.53 Å². The Labute approximate surface area is 137 Å². The SMILES string of the molecule is COCc1ccc(C(=O)N[C@@H](Cn2ccnc2)C(C)(C)C)cc1. The fraction of sp³-hybridized carbons (Fsp3) is 0.444. The van der Waals surface area contributed by atoms with Crippen molar-refractivity contribution in [2.75, 3.05) is 7.11 Å². The molecule has 0 saturated carbocycles. The van der Waals surface area contributed by atoms with Crippen LogP contribution in [0.4, 0.5) is 0 Å². The van der Waals surface area contributed by atoms with E-state index < -0.39 is 0 Å². The topological polar surface area (TPSA) is 56.1 Å². The summed E-state index contributed by atoms with van der Waals surface area (Å²) in [5, 5.41) is 3.14. The number of carbonyl (C=O) groups excluding carboxylic acids is 1. The molecular weight excluding hydrogens is 290 g/mol. The molecule has 1 atom stereocenters. The van der Waals surface area contributed by atoms with Crippen LogP contribution in [0.1, 0.15) is 36.7 Å². The quantitative estimate of drug-likeness (QED) is 0.892. The molecular formula is C18H25N3O2. The molecule has 0 radical (unpaired) electrons. The van der Waals surface area contributed by atoms with Crippen LogP contribution in [0, 0.1) is 5.41 Å². The van der Waals surface area contributed by atoms with E-state index in [1.165, 1.54) is 0 Å². The van der Waals surface area contributed by atoms with Crippen LogP contribution >= 0.6 is 0 Å². The Balaban J connectivity index is 2.07. The van der Waals surface area contributed by atoms with E-state index in [0.717, 1.165) is 5.56 Å². The van der Waals surface area contributed by atoms with Gasteiger partial charge in [0.05, 0.1) is 19.0 Å². The molecule has 124 valence electrons. The molecule has 0 aliphatic rings. The number of amides is 1. The second-order valence-corrected chi connectivity index (χ2v) is 6.78. The van der Waals surface area contributed by atoms with E-state index in [4.69, 9.17) is 4.74 Å². The molecule has 1 N–H and O–H groups in total. The van der Waals surface area contributed by atoms with Crippen molar-refractivity contribution in [3.05, 3.63) is 54.1 Å². The normalized spacial score (nSPS) is 12.9. The molecule has 0 aliphatic heterocycles. The van der Waals surface area contributed by atoms with Crippen LogP contribution in [0.15, 0.2) is 43.0 Å². The third-order valence-electron chi connectivity index (χ3n) is 3.83. The number of ether oxygens (including phenoxy) is 1. The summed E-state index contributed by atoms with van der Waals surface area (Å²) < 4.78 is 7.07. The van der Waals surface area contributed by atoms with Crippen LogP contribution in [-0.2, 0) is 17.9 Å². The van der Waals surface area contributed by atoms with Gasteiger partial charge in [-0.1, -0.05) is 32.9 Å².